The Morgan fingerprint density at radius 3 is 2.77 bits per heavy atom. The molecular weight excluding hydrogens is 204 g/mol. The Morgan fingerprint density at radius 1 is 1.38 bits per heavy atom. The molecule has 0 amide bonds. The molecule has 2 N–H and O–H groups in total. The molecule has 0 saturated heterocycles. The van der Waals surface area contributed by atoms with E-state index in [0.717, 1.165) is 15.0 Å². The largest absolute Gasteiger partial charge is 0.506 e. The predicted molar refractivity (Wildman–Crippen MR) is 56.7 cm³/mol. The molecule has 0 atom stereocenters. The smallest absolute Gasteiger partial charge is 0.139 e. The van der Waals surface area contributed by atoms with E-state index in [1.807, 2.05) is 18.2 Å². The van der Waals surface area contributed by atoms with Crippen molar-refractivity contribution in [3.63, 3.8) is 0 Å². The molecular formula is C9H8O2S2. The van der Waals surface area contributed by atoms with E-state index in [1.54, 1.807) is 0 Å². The maximum absolute atomic E-state index is 9.63. The summed E-state index contributed by atoms with van der Waals surface area (Å²) in [5.41, 5.74) is 0. The number of aromatic hydroxyl groups is 1. The van der Waals surface area contributed by atoms with Crippen molar-refractivity contribution < 1.29 is 10.2 Å². The van der Waals surface area contributed by atoms with Crippen molar-refractivity contribution in [2.75, 3.05) is 0 Å². The van der Waals surface area contributed by atoms with Crippen molar-refractivity contribution in [1.82, 2.24) is 0 Å². The Hall–Kier alpha value is -0.710. The summed E-state index contributed by atoms with van der Waals surface area (Å²) in [5, 5.41) is 19.3. The molecule has 0 spiro atoms. The van der Waals surface area contributed by atoms with Gasteiger partial charge in [-0.1, -0.05) is 6.07 Å². The molecule has 0 aliphatic rings. The van der Waals surface area contributed by atoms with Crippen LogP contribution in [-0.4, -0.2) is 10.2 Å². The van der Waals surface area contributed by atoms with Gasteiger partial charge in [-0.2, -0.15) is 0 Å². The molecule has 0 unspecified atom stereocenters. The van der Waals surface area contributed by atoms with Gasteiger partial charge in [0.1, 0.15) is 5.75 Å². The third kappa shape index (κ3) is 1.31. The van der Waals surface area contributed by atoms with Crippen LogP contribution in [0.25, 0.3) is 10.1 Å². The van der Waals surface area contributed by atoms with Gasteiger partial charge in [0.25, 0.3) is 0 Å². The maximum Gasteiger partial charge on any atom is 0.139 e. The van der Waals surface area contributed by atoms with Crippen LogP contribution in [0, 0.1) is 0 Å². The van der Waals surface area contributed by atoms with Crippen molar-refractivity contribution in [3.8, 4) is 5.75 Å². The highest BCUT2D eigenvalue weighted by atomic mass is 32.1. The minimum Gasteiger partial charge on any atom is -0.506 e. The molecule has 2 aromatic rings. The number of hydrogen-bond acceptors (Lipinski definition) is 4. The third-order valence-corrected chi connectivity index (χ3v) is 3.62. The van der Waals surface area contributed by atoms with E-state index in [1.165, 1.54) is 11.3 Å². The Morgan fingerprint density at radius 2 is 2.15 bits per heavy atom. The topological polar surface area (TPSA) is 40.5 Å². The van der Waals surface area contributed by atoms with E-state index in [0.29, 0.717) is 4.88 Å². The predicted octanol–water partition coefficient (Wildman–Crippen LogP) is 2.39. The highest BCUT2D eigenvalue weighted by molar-refractivity contribution is 7.80. The lowest BCUT2D eigenvalue weighted by Gasteiger charge is -1.92. The molecule has 0 bridgehead atoms. The molecule has 2 nitrogen and oxygen atoms in total. The number of benzene rings is 1. The van der Waals surface area contributed by atoms with Crippen LogP contribution in [0.15, 0.2) is 23.1 Å². The van der Waals surface area contributed by atoms with E-state index < -0.39 is 0 Å². The van der Waals surface area contributed by atoms with Gasteiger partial charge in [0.05, 0.1) is 16.2 Å². The summed E-state index contributed by atoms with van der Waals surface area (Å²) in [7, 11) is 0. The monoisotopic (exact) mass is 212 g/mol. The fourth-order valence-electron chi connectivity index (χ4n) is 1.25. The van der Waals surface area contributed by atoms with Crippen LogP contribution in [0.2, 0.25) is 0 Å². The molecule has 1 aromatic heterocycles. The molecule has 0 saturated carbocycles. The molecule has 68 valence electrons. The van der Waals surface area contributed by atoms with E-state index in [2.05, 4.69) is 12.6 Å². The van der Waals surface area contributed by atoms with Crippen LogP contribution < -0.4 is 0 Å². The summed E-state index contributed by atoms with van der Waals surface area (Å²) in [5.74, 6) is 0.179. The number of hydrogen-bond donors (Lipinski definition) is 3. The van der Waals surface area contributed by atoms with Crippen molar-refractivity contribution in [2.45, 2.75) is 11.5 Å². The van der Waals surface area contributed by atoms with Crippen molar-refractivity contribution in [3.05, 3.63) is 23.1 Å². The second-order valence-electron chi connectivity index (χ2n) is 2.69. The Kier molecular flexibility index (Phi) is 2.19. The molecule has 13 heavy (non-hydrogen) atoms. The first-order valence-electron chi connectivity index (χ1n) is 3.77. The fraction of sp³-hybridized carbons (Fsp3) is 0.111. The van der Waals surface area contributed by atoms with Crippen molar-refractivity contribution in [2.24, 2.45) is 0 Å². The third-order valence-electron chi connectivity index (χ3n) is 1.88. The number of thiophene rings is 1. The molecule has 2 rings (SSSR count). The highest BCUT2D eigenvalue weighted by Crippen LogP contribution is 2.39. The van der Waals surface area contributed by atoms with Crippen molar-refractivity contribution in [1.29, 1.82) is 0 Å². The van der Waals surface area contributed by atoms with E-state index >= 15 is 0 Å². The molecule has 0 aliphatic heterocycles. The van der Waals surface area contributed by atoms with Crippen LogP contribution in [0.5, 0.6) is 5.75 Å². The van der Waals surface area contributed by atoms with E-state index in [4.69, 9.17) is 5.11 Å². The fourth-order valence-corrected chi connectivity index (χ4v) is 2.56. The van der Waals surface area contributed by atoms with Crippen LogP contribution in [0.1, 0.15) is 4.88 Å². The van der Waals surface area contributed by atoms with Gasteiger partial charge in [0.2, 0.25) is 0 Å². The number of aliphatic hydroxyl groups is 1. The second kappa shape index (κ2) is 3.21. The number of rotatable bonds is 1. The highest BCUT2D eigenvalue weighted by Gasteiger charge is 2.11. The molecule has 0 aliphatic carbocycles. The summed E-state index contributed by atoms with van der Waals surface area (Å²) in [4.78, 5) is 1.43. The Bertz CT molecular complexity index is 448. The summed E-state index contributed by atoms with van der Waals surface area (Å²) >= 11 is 5.64. The molecule has 0 radical (unpaired) electrons. The standard InChI is InChI=1S/C9H8O2S2/c10-4-7-8(11)5-2-1-3-6(12)9(5)13-7/h1-3,10-12H,4H2. The lowest BCUT2D eigenvalue weighted by Crippen LogP contribution is -1.73. The van der Waals surface area contributed by atoms with Gasteiger partial charge < -0.3 is 10.2 Å². The molecule has 1 heterocycles. The van der Waals surface area contributed by atoms with Gasteiger partial charge in [0, 0.05) is 10.3 Å². The Balaban J connectivity index is 2.83. The van der Waals surface area contributed by atoms with Gasteiger partial charge in [-0.15, -0.1) is 24.0 Å². The molecule has 4 heteroatoms. The van der Waals surface area contributed by atoms with Gasteiger partial charge in [-0.25, -0.2) is 0 Å². The molecule has 1 aromatic carbocycles. The molecule has 0 fully saturated rings. The zero-order chi connectivity index (χ0) is 9.42. The van der Waals surface area contributed by atoms with E-state index in [9.17, 15) is 5.11 Å². The minimum atomic E-state index is -0.127. The zero-order valence-corrected chi connectivity index (χ0v) is 8.40. The van der Waals surface area contributed by atoms with E-state index in [-0.39, 0.29) is 12.4 Å². The minimum absolute atomic E-state index is 0.127. The van der Waals surface area contributed by atoms with Gasteiger partial charge in [-0.3, -0.25) is 0 Å². The Labute approximate surface area is 84.9 Å². The maximum atomic E-state index is 9.63. The first kappa shape index (κ1) is 8.87. The van der Waals surface area contributed by atoms with Crippen LogP contribution in [-0.2, 0) is 6.61 Å². The van der Waals surface area contributed by atoms with Gasteiger partial charge in [-0.05, 0) is 12.1 Å². The van der Waals surface area contributed by atoms with Crippen LogP contribution in [0.3, 0.4) is 0 Å². The summed E-state index contributed by atoms with van der Waals surface area (Å²) < 4.78 is 0.924. The van der Waals surface area contributed by atoms with Crippen LogP contribution >= 0.6 is 24.0 Å². The first-order valence-corrected chi connectivity index (χ1v) is 5.03. The van der Waals surface area contributed by atoms with Crippen LogP contribution in [0.4, 0.5) is 0 Å². The summed E-state index contributed by atoms with van der Waals surface area (Å²) in [6.07, 6.45) is 0. The lowest BCUT2D eigenvalue weighted by atomic mass is 10.2. The summed E-state index contributed by atoms with van der Waals surface area (Å²) in [6, 6.07) is 5.51. The van der Waals surface area contributed by atoms with Gasteiger partial charge in [0.15, 0.2) is 0 Å². The SMILES string of the molecule is OCc1sc2c(S)cccc2c1O. The zero-order valence-electron chi connectivity index (χ0n) is 6.69. The van der Waals surface area contributed by atoms with Crippen molar-refractivity contribution >= 4 is 34.1 Å². The lowest BCUT2D eigenvalue weighted by molar-refractivity contribution is 0.280. The summed E-state index contributed by atoms with van der Waals surface area (Å²) in [6.45, 7) is -0.127. The number of thiol groups is 1. The second-order valence-corrected chi connectivity index (χ2v) is 4.27. The van der Waals surface area contributed by atoms with Gasteiger partial charge >= 0.3 is 0 Å². The first-order chi connectivity index (χ1) is 6.24. The number of aliphatic hydroxyl groups excluding tert-OH is 1. The normalized spacial score (nSPS) is 10.9. The quantitative estimate of drug-likeness (QED) is 0.635. The average molecular weight is 212 g/mol. The number of fused-ring (bicyclic) bond motifs is 1. The average Bonchev–Trinajstić information content (AvgIpc) is 2.45.